The Hall–Kier alpha value is -3.03. The Labute approximate surface area is 277 Å². The van der Waals surface area contributed by atoms with E-state index in [0.717, 1.165) is 46.4 Å². The minimum atomic E-state index is -1.97. The molecule has 3 aromatic heterocycles. The van der Waals surface area contributed by atoms with Crippen LogP contribution in [-0.4, -0.2) is 62.3 Å². The summed E-state index contributed by atoms with van der Waals surface area (Å²) in [6.07, 6.45) is 6.97. The van der Waals surface area contributed by atoms with E-state index in [9.17, 15) is 4.21 Å². The third-order valence-corrected chi connectivity index (χ3v) is 14.4. The predicted octanol–water partition coefficient (Wildman–Crippen LogP) is 7.32. The maximum absolute atomic E-state index is 13.0. The van der Waals surface area contributed by atoms with Gasteiger partial charge in [-0.3, -0.25) is 9.97 Å². The predicted molar refractivity (Wildman–Crippen MR) is 188 cm³/mol. The number of rotatable bonds is 14. The van der Waals surface area contributed by atoms with Crippen molar-refractivity contribution in [3.63, 3.8) is 0 Å². The Kier molecular flexibility index (Phi) is 11.5. The summed E-state index contributed by atoms with van der Waals surface area (Å²) in [5.41, 5.74) is 4.03. The Morgan fingerprint density at radius 1 is 1.02 bits per heavy atom. The van der Waals surface area contributed by atoms with Crippen LogP contribution < -0.4 is 9.46 Å². The van der Waals surface area contributed by atoms with Crippen LogP contribution in [0.1, 0.15) is 78.7 Å². The number of nitrogens with one attached hydrogen (secondary N) is 1. The fraction of sp³-hybridized carbons (Fsp3) is 0.529. The third kappa shape index (κ3) is 8.65. The zero-order chi connectivity index (χ0) is 33.7. The number of pyridine rings is 1. The van der Waals surface area contributed by atoms with Crippen LogP contribution in [0.2, 0.25) is 18.1 Å². The normalized spacial score (nSPS) is 14.0. The van der Waals surface area contributed by atoms with E-state index in [2.05, 4.69) is 50.5 Å². The van der Waals surface area contributed by atoms with Gasteiger partial charge in [-0.2, -0.15) is 5.10 Å². The number of benzene rings is 1. The topological polar surface area (TPSA) is 113 Å². The molecular formula is C34H50N6O4SSi. The van der Waals surface area contributed by atoms with E-state index in [1.807, 2.05) is 51.1 Å². The fourth-order valence-corrected chi connectivity index (χ4v) is 6.28. The van der Waals surface area contributed by atoms with Crippen LogP contribution in [0.5, 0.6) is 5.75 Å². The van der Waals surface area contributed by atoms with Gasteiger partial charge < -0.3 is 13.9 Å². The molecule has 0 aliphatic heterocycles. The van der Waals surface area contributed by atoms with Gasteiger partial charge in [-0.1, -0.05) is 40.2 Å². The van der Waals surface area contributed by atoms with Gasteiger partial charge in [0.15, 0.2) is 14.1 Å². The van der Waals surface area contributed by atoms with E-state index < -0.39 is 24.1 Å². The summed E-state index contributed by atoms with van der Waals surface area (Å²) in [5.74, 6) is 1.26. The first-order chi connectivity index (χ1) is 21.6. The molecule has 0 spiro atoms. The molecule has 0 unspecified atom stereocenters. The lowest BCUT2D eigenvalue weighted by Crippen LogP contribution is -2.40. The molecule has 1 aromatic carbocycles. The van der Waals surface area contributed by atoms with Gasteiger partial charge in [-0.25, -0.2) is 18.6 Å². The first kappa shape index (κ1) is 35.8. The summed E-state index contributed by atoms with van der Waals surface area (Å²) >= 11 is 0. The average molecular weight is 667 g/mol. The summed E-state index contributed by atoms with van der Waals surface area (Å²) in [5, 5.41) is 5.64. The number of ether oxygens (including phenoxy) is 2. The van der Waals surface area contributed by atoms with Crippen LogP contribution in [0, 0.1) is 0 Å². The standard InChI is InChI=1S/C34H50N6O4SSi/c1-11-13-29(39-45(41)33(2,3)4)28-15-12-14-27(38-28)24-18-30-26(31(19-24)43-17-16-42-8)21-36-40(30)32-22-35-20-25(37-32)23-44-46(9,10)34(5,6)7/h12,14-15,18-22,29,39H,11,13,16-17,23H2,1-10H3/t29-,45+/m0/s1. The maximum Gasteiger partial charge on any atom is 0.192 e. The lowest BCUT2D eigenvalue weighted by molar-refractivity contribution is 0.147. The molecule has 12 heteroatoms. The summed E-state index contributed by atoms with van der Waals surface area (Å²) < 4.78 is 35.6. The van der Waals surface area contributed by atoms with Crippen molar-refractivity contribution in [2.75, 3.05) is 20.3 Å². The fourth-order valence-electron chi connectivity index (χ4n) is 4.48. The Morgan fingerprint density at radius 3 is 2.46 bits per heavy atom. The molecule has 4 aromatic rings. The molecule has 4 rings (SSSR count). The molecule has 0 amide bonds. The summed E-state index contributed by atoms with van der Waals surface area (Å²) in [4.78, 5) is 14.4. The van der Waals surface area contributed by atoms with Crippen molar-refractivity contribution >= 4 is 30.2 Å². The number of fused-ring (bicyclic) bond motifs is 1. The monoisotopic (exact) mass is 666 g/mol. The quantitative estimate of drug-likeness (QED) is 0.110. The second-order valence-corrected chi connectivity index (χ2v) is 20.8. The van der Waals surface area contributed by atoms with Gasteiger partial charge in [-0.05, 0) is 69.6 Å². The van der Waals surface area contributed by atoms with Crippen LogP contribution in [0.25, 0.3) is 28.0 Å². The molecule has 0 fully saturated rings. The van der Waals surface area contributed by atoms with Crippen LogP contribution >= 0.6 is 0 Å². The first-order valence-electron chi connectivity index (χ1n) is 15.9. The van der Waals surface area contributed by atoms with Crippen molar-refractivity contribution in [2.45, 2.75) is 96.8 Å². The molecule has 3 heterocycles. The van der Waals surface area contributed by atoms with Crippen LogP contribution in [-0.2, 0) is 26.8 Å². The number of hydrogen-bond donors (Lipinski definition) is 1. The van der Waals surface area contributed by atoms with E-state index in [-0.39, 0.29) is 11.1 Å². The van der Waals surface area contributed by atoms with Crippen molar-refractivity contribution in [3.8, 4) is 22.8 Å². The number of methoxy groups -OCH3 is 1. The van der Waals surface area contributed by atoms with Gasteiger partial charge in [0.2, 0.25) is 0 Å². The number of nitrogens with zero attached hydrogens (tertiary/aromatic N) is 5. The average Bonchev–Trinajstić information content (AvgIpc) is 3.43. The van der Waals surface area contributed by atoms with Crippen LogP contribution in [0.4, 0.5) is 0 Å². The molecule has 0 saturated heterocycles. The van der Waals surface area contributed by atoms with Gasteiger partial charge in [0.1, 0.15) is 12.4 Å². The molecule has 0 radical (unpaired) electrons. The molecule has 0 saturated carbocycles. The van der Waals surface area contributed by atoms with Crippen LogP contribution in [0.3, 0.4) is 0 Å². The minimum Gasteiger partial charge on any atom is -0.490 e. The van der Waals surface area contributed by atoms with E-state index in [1.54, 1.807) is 30.4 Å². The number of hydrogen-bond acceptors (Lipinski definition) is 8. The van der Waals surface area contributed by atoms with E-state index in [4.69, 9.17) is 29.0 Å². The van der Waals surface area contributed by atoms with E-state index >= 15 is 0 Å². The molecule has 0 aliphatic carbocycles. The summed E-state index contributed by atoms with van der Waals surface area (Å²) in [6.45, 7) is 20.4. The van der Waals surface area contributed by atoms with Gasteiger partial charge in [0.25, 0.3) is 0 Å². The highest BCUT2D eigenvalue weighted by Crippen LogP contribution is 2.37. The highest BCUT2D eigenvalue weighted by Gasteiger charge is 2.37. The highest BCUT2D eigenvalue weighted by atomic mass is 32.2. The van der Waals surface area contributed by atoms with Crippen molar-refractivity contribution in [2.24, 2.45) is 0 Å². The van der Waals surface area contributed by atoms with Crippen molar-refractivity contribution in [3.05, 3.63) is 60.3 Å². The third-order valence-electron chi connectivity index (χ3n) is 8.28. The summed E-state index contributed by atoms with van der Waals surface area (Å²) in [6, 6.07) is 9.85. The van der Waals surface area contributed by atoms with E-state index in [0.29, 0.717) is 31.4 Å². The van der Waals surface area contributed by atoms with Gasteiger partial charge >= 0.3 is 0 Å². The Morgan fingerprint density at radius 2 is 1.78 bits per heavy atom. The zero-order valence-corrected chi connectivity index (χ0v) is 30.8. The second kappa shape index (κ2) is 14.8. The molecule has 0 bridgehead atoms. The maximum atomic E-state index is 13.0. The Bertz CT molecular complexity index is 1650. The van der Waals surface area contributed by atoms with Crippen LogP contribution in [0.15, 0.2) is 48.9 Å². The smallest absolute Gasteiger partial charge is 0.192 e. The molecule has 2 atom stereocenters. The first-order valence-corrected chi connectivity index (χ1v) is 19.9. The SMILES string of the molecule is CCC[C@H](N[S@](=O)C(C)(C)C)c1cccc(-c2cc(OCCOC)c3cnn(-c4cncc(CO[Si](C)(C)C(C)(C)C)n4)c3c2)n1. The second-order valence-electron chi connectivity index (χ2n) is 14.0. The lowest BCUT2D eigenvalue weighted by atomic mass is 10.1. The van der Waals surface area contributed by atoms with Gasteiger partial charge in [-0.15, -0.1) is 0 Å². The zero-order valence-electron chi connectivity index (χ0n) is 29.0. The molecular weight excluding hydrogens is 617 g/mol. The van der Waals surface area contributed by atoms with Crippen molar-refractivity contribution < 1.29 is 18.1 Å². The highest BCUT2D eigenvalue weighted by molar-refractivity contribution is 7.84. The van der Waals surface area contributed by atoms with Crippen molar-refractivity contribution in [1.29, 1.82) is 0 Å². The van der Waals surface area contributed by atoms with Gasteiger partial charge in [0, 0.05) is 12.7 Å². The molecule has 46 heavy (non-hydrogen) atoms. The largest absolute Gasteiger partial charge is 0.490 e. The molecule has 1 N–H and O–H groups in total. The van der Waals surface area contributed by atoms with E-state index in [1.165, 1.54) is 0 Å². The summed E-state index contributed by atoms with van der Waals surface area (Å²) in [7, 11) is -1.55. The molecule has 0 aliphatic rings. The Balaban J connectivity index is 1.75. The number of aromatic nitrogens is 5. The lowest BCUT2D eigenvalue weighted by Gasteiger charge is -2.36. The van der Waals surface area contributed by atoms with Crippen molar-refractivity contribution in [1.82, 2.24) is 29.5 Å². The minimum absolute atomic E-state index is 0.0907. The molecule has 10 nitrogen and oxygen atoms in total. The molecule has 250 valence electrons. The van der Waals surface area contributed by atoms with Gasteiger partial charge in [0.05, 0.1) is 81.6 Å².